The smallest absolute Gasteiger partial charge is 0.254 e. The second kappa shape index (κ2) is 7.19. The monoisotopic (exact) mass is 381 g/mol. The Morgan fingerprint density at radius 3 is 2.59 bits per heavy atom. The minimum atomic E-state index is 0.123. The van der Waals surface area contributed by atoms with Gasteiger partial charge in [-0.25, -0.2) is 4.98 Å². The molecule has 0 unspecified atom stereocenters. The molecule has 1 saturated heterocycles. The number of aromatic nitrogens is 1. The highest BCUT2D eigenvalue weighted by atomic mass is 32.1. The van der Waals surface area contributed by atoms with Gasteiger partial charge in [0.05, 0.1) is 11.8 Å². The minimum Gasteiger partial charge on any atom is -0.494 e. The molecule has 3 aromatic rings. The van der Waals surface area contributed by atoms with Crippen LogP contribution in [-0.4, -0.2) is 49.1 Å². The summed E-state index contributed by atoms with van der Waals surface area (Å²) in [6, 6.07) is 12.0. The first-order valence-electron chi connectivity index (χ1n) is 9.12. The lowest BCUT2D eigenvalue weighted by molar-refractivity contribution is 0.0746. The molecule has 0 saturated carbocycles. The fraction of sp³-hybridized carbons (Fsp3) is 0.333. The van der Waals surface area contributed by atoms with Crippen molar-refractivity contribution >= 4 is 32.6 Å². The molecule has 4 rings (SSSR count). The molecule has 0 radical (unpaired) electrons. The number of para-hydroxylation sites is 1. The number of carbonyl (C=O) groups excluding carboxylic acids is 1. The van der Waals surface area contributed by atoms with Crippen LogP contribution in [-0.2, 0) is 0 Å². The molecule has 2 heterocycles. The standard InChI is InChI=1S/C21H23N3O2S/c1-14-7-8-16(15(2)13-14)20(25)23-9-11-24(12-10-23)21-22-19-17(26-3)5-4-6-18(19)27-21/h4-8,13H,9-12H2,1-3H3. The maximum atomic E-state index is 12.9. The number of nitrogens with zero attached hydrogens (tertiary/aromatic N) is 3. The average molecular weight is 382 g/mol. The molecule has 0 spiro atoms. The van der Waals surface area contributed by atoms with E-state index in [1.54, 1.807) is 18.4 Å². The van der Waals surface area contributed by atoms with Crippen LogP contribution in [0, 0.1) is 13.8 Å². The van der Waals surface area contributed by atoms with Gasteiger partial charge in [-0.3, -0.25) is 4.79 Å². The molecule has 27 heavy (non-hydrogen) atoms. The van der Waals surface area contributed by atoms with Crippen molar-refractivity contribution in [3.8, 4) is 5.75 Å². The summed E-state index contributed by atoms with van der Waals surface area (Å²) < 4.78 is 6.54. The molecule has 1 fully saturated rings. The predicted molar refractivity (Wildman–Crippen MR) is 110 cm³/mol. The van der Waals surface area contributed by atoms with E-state index in [-0.39, 0.29) is 5.91 Å². The lowest BCUT2D eigenvalue weighted by Gasteiger charge is -2.34. The topological polar surface area (TPSA) is 45.7 Å². The number of anilines is 1. The number of aryl methyl sites for hydroxylation is 2. The summed E-state index contributed by atoms with van der Waals surface area (Å²) in [6.45, 7) is 7.05. The van der Waals surface area contributed by atoms with Gasteiger partial charge in [0.2, 0.25) is 0 Å². The minimum absolute atomic E-state index is 0.123. The van der Waals surface area contributed by atoms with Crippen LogP contribution in [0.25, 0.3) is 10.2 Å². The maximum Gasteiger partial charge on any atom is 0.254 e. The lowest BCUT2D eigenvalue weighted by Crippen LogP contribution is -2.48. The molecule has 6 heteroatoms. The zero-order valence-corrected chi connectivity index (χ0v) is 16.7. The van der Waals surface area contributed by atoms with Gasteiger partial charge in [0, 0.05) is 31.7 Å². The Balaban J connectivity index is 1.48. The van der Waals surface area contributed by atoms with Gasteiger partial charge in [-0.2, -0.15) is 0 Å². The highest BCUT2D eigenvalue weighted by Gasteiger charge is 2.25. The number of carbonyl (C=O) groups is 1. The number of methoxy groups -OCH3 is 1. The van der Waals surface area contributed by atoms with Crippen LogP contribution in [0.5, 0.6) is 5.75 Å². The van der Waals surface area contributed by atoms with E-state index in [2.05, 4.69) is 17.0 Å². The van der Waals surface area contributed by atoms with E-state index in [9.17, 15) is 4.79 Å². The van der Waals surface area contributed by atoms with Crippen LogP contribution >= 0.6 is 11.3 Å². The first-order chi connectivity index (χ1) is 13.1. The Hall–Kier alpha value is -2.60. The number of thiazole rings is 1. The van der Waals surface area contributed by atoms with Gasteiger partial charge in [0.15, 0.2) is 5.13 Å². The molecule has 0 aliphatic carbocycles. The van der Waals surface area contributed by atoms with E-state index < -0.39 is 0 Å². The third kappa shape index (κ3) is 3.37. The lowest BCUT2D eigenvalue weighted by atomic mass is 10.0. The molecule has 2 aromatic carbocycles. The summed E-state index contributed by atoms with van der Waals surface area (Å²) in [5.41, 5.74) is 3.94. The van der Waals surface area contributed by atoms with Gasteiger partial charge in [0.1, 0.15) is 11.3 Å². The van der Waals surface area contributed by atoms with Gasteiger partial charge in [-0.05, 0) is 37.6 Å². The summed E-state index contributed by atoms with van der Waals surface area (Å²) in [6.07, 6.45) is 0. The number of benzene rings is 2. The Kier molecular flexibility index (Phi) is 4.74. The zero-order chi connectivity index (χ0) is 19.0. The zero-order valence-electron chi connectivity index (χ0n) is 15.9. The van der Waals surface area contributed by atoms with Crippen LogP contribution in [0.1, 0.15) is 21.5 Å². The summed E-state index contributed by atoms with van der Waals surface area (Å²) in [4.78, 5) is 21.9. The molecule has 1 aliphatic heterocycles. The normalized spacial score (nSPS) is 14.6. The first-order valence-corrected chi connectivity index (χ1v) is 9.93. The van der Waals surface area contributed by atoms with Crippen molar-refractivity contribution in [3.63, 3.8) is 0 Å². The summed E-state index contributed by atoms with van der Waals surface area (Å²) in [5.74, 6) is 0.928. The second-order valence-electron chi connectivity index (χ2n) is 6.90. The second-order valence-corrected chi connectivity index (χ2v) is 7.91. The number of hydrogen-bond acceptors (Lipinski definition) is 5. The van der Waals surface area contributed by atoms with Crippen molar-refractivity contribution < 1.29 is 9.53 Å². The molecular weight excluding hydrogens is 358 g/mol. The fourth-order valence-electron chi connectivity index (χ4n) is 3.54. The average Bonchev–Trinajstić information content (AvgIpc) is 3.12. The molecule has 1 amide bonds. The largest absolute Gasteiger partial charge is 0.494 e. The highest BCUT2D eigenvalue weighted by Crippen LogP contribution is 2.34. The first kappa shape index (κ1) is 17.8. The number of ether oxygens (including phenoxy) is 1. The van der Waals surface area contributed by atoms with Gasteiger partial charge in [-0.15, -0.1) is 0 Å². The Labute approximate surface area is 163 Å². The molecule has 0 N–H and O–H groups in total. The Morgan fingerprint density at radius 2 is 1.89 bits per heavy atom. The Bertz CT molecular complexity index is 990. The van der Waals surface area contributed by atoms with E-state index in [0.29, 0.717) is 13.1 Å². The van der Waals surface area contributed by atoms with Crippen LogP contribution in [0.3, 0.4) is 0 Å². The van der Waals surface area contributed by atoms with Crippen molar-refractivity contribution in [1.29, 1.82) is 0 Å². The summed E-state index contributed by atoms with van der Waals surface area (Å²) >= 11 is 1.67. The molecule has 0 bridgehead atoms. The van der Waals surface area contributed by atoms with E-state index in [1.165, 1.54) is 5.56 Å². The van der Waals surface area contributed by atoms with Crippen LogP contribution in [0.15, 0.2) is 36.4 Å². The highest BCUT2D eigenvalue weighted by molar-refractivity contribution is 7.22. The van der Waals surface area contributed by atoms with E-state index >= 15 is 0 Å². The van der Waals surface area contributed by atoms with Gasteiger partial charge in [0.25, 0.3) is 5.91 Å². The fourth-order valence-corrected chi connectivity index (χ4v) is 4.57. The van der Waals surface area contributed by atoms with Gasteiger partial charge >= 0.3 is 0 Å². The van der Waals surface area contributed by atoms with Crippen molar-refractivity contribution in [3.05, 3.63) is 53.1 Å². The van der Waals surface area contributed by atoms with Gasteiger partial charge < -0.3 is 14.5 Å². The molecule has 1 aromatic heterocycles. The van der Waals surface area contributed by atoms with Crippen LogP contribution < -0.4 is 9.64 Å². The van der Waals surface area contributed by atoms with E-state index in [4.69, 9.17) is 9.72 Å². The number of fused-ring (bicyclic) bond motifs is 1. The van der Waals surface area contributed by atoms with Crippen molar-refractivity contribution in [2.45, 2.75) is 13.8 Å². The maximum absolute atomic E-state index is 12.9. The molecule has 1 aliphatic rings. The summed E-state index contributed by atoms with van der Waals surface area (Å²) in [7, 11) is 1.67. The number of rotatable bonds is 3. The van der Waals surface area contributed by atoms with Crippen molar-refractivity contribution in [2.24, 2.45) is 0 Å². The Morgan fingerprint density at radius 1 is 1.11 bits per heavy atom. The number of piperazine rings is 1. The SMILES string of the molecule is COc1cccc2sc(N3CCN(C(=O)c4ccc(C)cc4C)CC3)nc12. The molecule has 140 valence electrons. The third-order valence-electron chi connectivity index (χ3n) is 5.04. The third-order valence-corrected chi connectivity index (χ3v) is 6.12. The molecule has 0 atom stereocenters. The van der Waals surface area contributed by atoms with Crippen molar-refractivity contribution in [1.82, 2.24) is 9.88 Å². The van der Waals surface area contributed by atoms with Crippen LogP contribution in [0.2, 0.25) is 0 Å². The molecule has 5 nitrogen and oxygen atoms in total. The number of amides is 1. The van der Waals surface area contributed by atoms with Crippen LogP contribution in [0.4, 0.5) is 5.13 Å². The van der Waals surface area contributed by atoms with Gasteiger partial charge in [-0.1, -0.05) is 35.1 Å². The van der Waals surface area contributed by atoms with E-state index in [1.807, 2.05) is 43.0 Å². The number of hydrogen-bond donors (Lipinski definition) is 0. The van der Waals surface area contributed by atoms with E-state index in [0.717, 1.165) is 45.3 Å². The van der Waals surface area contributed by atoms with Crippen molar-refractivity contribution in [2.75, 3.05) is 38.2 Å². The summed E-state index contributed by atoms with van der Waals surface area (Å²) in [5, 5.41) is 0.994. The predicted octanol–water partition coefficient (Wildman–Crippen LogP) is 3.88. The molecular formula is C21H23N3O2S. The quantitative estimate of drug-likeness (QED) is 0.691.